The molecule has 0 amide bonds. The third kappa shape index (κ3) is 6.63. The van der Waals surface area contributed by atoms with Crippen molar-refractivity contribution in [1.29, 1.82) is 5.41 Å². The summed E-state index contributed by atoms with van der Waals surface area (Å²) in [6.45, 7) is 3.07. The molecule has 2 aromatic heterocycles. The van der Waals surface area contributed by atoms with E-state index in [2.05, 4.69) is 20.1 Å². The topological polar surface area (TPSA) is 173 Å². The first-order chi connectivity index (χ1) is 17.2. The zero-order valence-electron chi connectivity index (χ0n) is 20.1. The molecule has 0 fully saturated rings. The lowest BCUT2D eigenvalue weighted by atomic mass is 9.90. The predicted molar refractivity (Wildman–Crippen MR) is 134 cm³/mol. The number of aromatic amines is 1. The Bertz CT molecular complexity index is 1390. The van der Waals surface area contributed by atoms with Gasteiger partial charge in [-0.1, -0.05) is 30.3 Å². The number of carboxylic acids is 1. The second-order valence-electron chi connectivity index (χ2n) is 7.95. The van der Waals surface area contributed by atoms with Crippen molar-refractivity contribution in [1.82, 2.24) is 24.7 Å². The standard InChI is InChI=1S/C23H23N7O2.C2H4O2/c1-14-10-17(13-18(11-14)32-2)19(12-15-4-6-16(7-5-15)20(24)25)21-28-23(31)30(29-21)22-26-8-3-9-27-22;1-2(3)4/h3-11,13,19H,12H2,1-2H3,(H3,24,25)(H,28,29,31);1H3,(H,3,4). The summed E-state index contributed by atoms with van der Waals surface area (Å²) in [4.78, 5) is 32.8. The molecule has 186 valence electrons. The Morgan fingerprint density at radius 2 is 1.83 bits per heavy atom. The second kappa shape index (κ2) is 11.6. The number of nitrogens with one attached hydrogen (secondary N) is 2. The quantitative estimate of drug-likeness (QED) is 0.226. The number of nitrogens with zero attached hydrogens (tertiary/aromatic N) is 4. The zero-order valence-corrected chi connectivity index (χ0v) is 20.1. The minimum Gasteiger partial charge on any atom is -0.497 e. The number of amidine groups is 1. The molecule has 1 atom stereocenters. The molecule has 0 aliphatic carbocycles. The van der Waals surface area contributed by atoms with Crippen molar-refractivity contribution in [2.24, 2.45) is 5.73 Å². The maximum absolute atomic E-state index is 12.6. The Morgan fingerprint density at radius 1 is 1.19 bits per heavy atom. The molecule has 4 rings (SSSR count). The monoisotopic (exact) mass is 489 g/mol. The van der Waals surface area contributed by atoms with Crippen molar-refractivity contribution >= 4 is 11.8 Å². The fraction of sp³-hybridized carbons (Fsp3) is 0.200. The molecule has 1 unspecified atom stereocenters. The summed E-state index contributed by atoms with van der Waals surface area (Å²) in [5.74, 6) is 0.342. The van der Waals surface area contributed by atoms with Crippen LogP contribution < -0.4 is 16.2 Å². The summed E-state index contributed by atoms with van der Waals surface area (Å²) < 4.78 is 6.62. The Labute approximate surface area is 207 Å². The molecule has 0 radical (unpaired) electrons. The van der Waals surface area contributed by atoms with Crippen molar-refractivity contribution in [2.75, 3.05) is 7.11 Å². The number of carbonyl (C=O) groups is 1. The molecule has 0 aliphatic rings. The lowest BCUT2D eigenvalue weighted by Gasteiger charge is -2.17. The molecule has 2 heterocycles. The summed E-state index contributed by atoms with van der Waals surface area (Å²) in [6, 6.07) is 15.1. The van der Waals surface area contributed by atoms with E-state index in [0.717, 1.165) is 34.0 Å². The van der Waals surface area contributed by atoms with Gasteiger partial charge in [0.25, 0.3) is 11.9 Å². The van der Waals surface area contributed by atoms with Crippen LogP contribution >= 0.6 is 0 Å². The lowest BCUT2D eigenvalue weighted by molar-refractivity contribution is -0.134. The number of methoxy groups -OCH3 is 1. The number of aryl methyl sites for hydroxylation is 1. The van der Waals surface area contributed by atoms with Crippen molar-refractivity contribution in [3.63, 3.8) is 0 Å². The molecule has 0 bridgehead atoms. The third-order valence-electron chi connectivity index (χ3n) is 5.12. The van der Waals surface area contributed by atoms with Gasteiger partial charge in [-0.25, -0.2) is 14.8 Å². The SMILES string of the molecule is CC(=O)O.COc1cc(C)cc(C(Cc2ccc(C(=N)N)cc2)c2nn(-c3ncccn3)c(=O)[nH]2)c1. The minimum atomic E-state index is -0.833. The van der Waals surface area contributed by atoms with Gasteiger partial charge in [-0.05, 0) is 48.2 Å². The van der Waals surface area contributed by atoms with Gasteiger partial charge in [0, 0.05) is 30.8 Å². The number of carboxylic acid groups (broad SMARTS) is 1. The Balaban J connectivity index is 0.000000840. The van der Waals surface area contributed by atoms with Gasteiger partial charge in [0.2, 0.25) is 0 Å². The van der Waals surface area contributed by atoms with Crippen molar-refractivity contribution in [3.8, 4) is 11.7 Å². The highest BCUT2D eigenvalue weighted by molar-refractivity contribution is 5.94. The molecule has 36 heavy (non-hydrogen) atoms. The van der Waals surface area contributed by atoms with E-state index in [0.29, 0.717) is 17.8 Å². The van der Waals surface area contributed by atoms with Crippen molar-refractivity contribution in [2.45, 2.75) is 26.2 Å². The Hall–Kier alpha value is -4.80. The number of aromatic nitrogens is 5. The number of hydrogen-bond donors (Lipinski definition) is 4. The first-order valence-electron chi connectivity index (χ1n) is 10.9. The molecular formula is C25H27N7O4. The van der Waals surface area contributed by atoms with E-state index in [1.165, 1.54) is 0 Å². The molecule has 11 nitrogen and oxygen atoms in total. The van der Waals surface area contributed by atoms with Gasteiger partial charge >= 0.3 is 5.69 Å². The molecule has 5 N–H and O–H groups in total. The van der Waals surface area contributed by atoms with Gasteiger partial charge in [-0.15, -0.1) is 9.78 Å². The first-order valence-corrected chi connectivity index (χ1v) is 10.9. The summed E-state index contributed by atoms with van der Waals surface area (Å²) >= 11 is 0. The third-order valence-corrected chi connectivity index (χ3v) is 5.12. The van der Waals surface area contributed by atoms with Crippen LogP contribution in [0.2, 0.25) is 0 Å². The summed E-state index contributed by atoms with van der Waals surface area (Å²) in [6.07, 6.45) is 3.68. The van der Waals surface area contributed by atoms with E-state index < -0.39 is 11.7 Å². The van der Waals surface area contributed by atoms with Crippen LogP contribution in [0.3, 0.4) is 0 Å². The van der Waals surface area contributed by atoms with Crippen LogP contribution in [0.4, 0.5) is 0 Å². The molecule has 2 aromatic carbocycles. The van der Waals surface area contributed by atoms with Crippen molar-refractivity contribution < 1.29 is 14.6 Å². The maximum atomic E-state index is 12.6. The van der Waals surface area contributed by atoms with E-state index >= 15 is 0 Å². The largest absolute Gasteiger partial charge is 0.497 e. The summed E-state index contributed by atoms with van der Waals surface area (Å²) in [5.41, 5.74) is 8.81. The van der Waals surface area contributed by atoms with Gasteiger partial charge in [-0.3, -0.25) is 15.2 Å². The van der Waals surface area contributed by atoms with Gasteiger partial charge in [0.15, 0.2) is 0 Å². The van der Waals surface area contributed by atoms with Gasteiger partial charge in [-0.2, -0.15) is 0 Å². The molecule has 0 saturated carbocycles. The van der Waals surface area contributed by atoms with Crippen molar-refractivity contribution in [3.05, 3.63) is 99.5 Å². The van der Waals surface area contributed by atoms with Gasteiger partial charge < -0.3 is 15.6 Å². The molecule has 0 saturated heterocycles. The highest BCUT2D eigenvalue weighted by atomic mass is 16.5. The van der Waals surface area contributed by atoms with E-state index in [4.69, 9.17) is 25.8 Å². The number of rotatable bonds is 7. The fourth-order valence-corrected chi connectivity index (χ4v) is 3.56. The smallest absolute Gasteiger partial charge is 0.350 e. The molecule has 11 heteroatoms. The van der Waals surface area contributed by atoms with Crippen LogP contribution in [-0.2, 0) is 11.2 Å². The molecule has 0 aliphatic heterocycles. The normalized spacial score (nSPS) is 11.2. The Kier molecular flexibility index (Phi) is 8.29. The summed E-state index contributed by atoms with van der Waals surface area (Å²) in [5, 5.41) is 19.5. The fourth-order valence-electron chi connectivity index (χ4n) is 3.56. The van der Waals surface area contributed by atoms with Gasteiger partial charge in [0.05, 0.1) is 7.11 Å². The number of nitrogen functional groups attached to an aromatic ring is 1. The number of aliphatic carboxylic acids is 1. The van der Waals surface area contributed by atoms with E-state index in [9.17, 15) is 4.79 Å². The minimum absolute atomic E-state index is 0.0162. The van der Waals surface area contributed by atoms with E-state index in [1.54, 1.807) is 25.6 Å². The van der Waals surface area contributed by atoms with Gasteiger partial charge in [0.1, 0.15) is 17.4 Å². The van der Waals surface area contributed by atoms with Crippen LogP contribution in [0.5, 0.6) is 5.75 Å². The highest BCUT2D eigenvalue weighted by Crippen LogP contribution is 2.30. The Morgan fingerprint density at radius 3 is 2.42 bits per heavy atom. The van der Waals surface area contributed by atoms with Crippen LogP contribution in [-0.4, -0.2) is 48.8 Å². The number of benzene rings is 2. The number of H-pyrrole nitrogens is 1. The number of nitrogens with two attached hydrogens (primary N) is 1. The lowest BCUT2D eigenvalue weighted by Crippen LogP contribution is -2.18. The number of hydrogen-bond acceptors (Lipinski definition) is 7. The van der Waals surface area contributed by atoms with E-state index in [-0.39, 0.29) is 17.7 Å². The van der Waals surface area contributed by atoms with E-state index in [1.807, 2.05) is 49.4 Å². The average Bonchev–Trinajstić information content (AvgIpc) is 3.23. The average molecular weight is 490 g/mol. The molecule has 0 spiro atoms. The van der Waals surface area contributed by atoms with Crippen LogP contribution in [0, 0.1) is 12.3 Å². The highest BCUT2D eigenvalue weighted by Gasteiger charge is 2.22. The number of ether oxygens (including phenoxy) is 1. The zero-order chi connectivity index (χ0) is 26.2. The maximum Gasteiger partial charge on any atom is 0.350 e. The molecular weight excluding hydrogens is 462 g/mol. The van der Waals surface area contributed by atoms with Crippen LogP contribution in [0.15, 0.2) is 65.7 Å². The summed E-state index contributed by atoms with van der Waals surface area (Å²) in [7, 11) is 1.62. The first kappa shape index (κ1) is 25.8. The van der Waals surface area contributed by atoms with Crippen LogP contribution in [0.1, 0.15) is 40.9 Å². The molecule has 4 aromatic rings. The van der Waals surface area contributed by atoms with Crippen LogP contribution in [0.25, 0.3) is 5.95 Å². The second-order valence-corrected chi connectivity index (χ2v) is 7.95. The predicted octanol–water partition coefficient (Wildman–Crippen LogP) is 2.42.